The summed E-state index contributed by atoms with van der Waals surface area (Å²) in [5, 5.41) is 2.80. The number of carbonyl (C=O) groups is 1. The standard InChI is InChI=1S/C11H24N2O2/c1-9(2)8-15-6-4-5-13-11(14)7-10(3)12/h9-10H,4-8,12H2,1-3H3,(H,13,14). The van der Waals surface area contributed by atoms with Crippen LogP contribution in [0.2, 0.25) is 0 Å². The van der Waals surface area contributed by atoms with Crippen molar-refractivity contribution in [2.75, 3.05) is 19.8 Å². The molecule has 0 heterocycles. The monoisotopic (exact) mass is 216 g/mol. The number of hydrogen-bond acceptors (Lipinski definition) is 3. The van der Waals surface area contributed by atoms with Gasteiger partial charge in [0.25, 0.3) is 0 Å². The van der Waals surface area contributed by atoms with Gasteiger partial charge in [-0.2, -0.15) is 0 Å². The fourth-order valence-corrected chi connectivity index (χ4v) is 1.09. The molecule has 0 aromatic heterocycles. The first kappa shape index (κ1) is 14.4. The molecule has 0 saturated carbocycles. The molecule has 0 saturated heterocycles. The van der Waals surface area contributed by atoms with Crippen molar-refractivity contribution in [3.8, 4) is 0 Å². The maximum Gasteiger partial charge on any atom is 0.221 e. The summed E-state index contributed by atoms with van der Waals surface area (Å²) < 4.78 is 5.38. The SMILES string of the molecule is CC(C)COCCCNC(=O)CC(C)N. The summed E-state index contributed by atoms with van der Waals surface area (Å²) in [6.07, 6.45) is 1.25. The molecule has 0 bridgehead atoms. The van der Waals surface area contributed by atoms with E-state index in [9.17, 15) is 4.79 Å². The van der Waals surface area contributed by atoms with Gasteiger partial charge in [-0.05, 0) is 19.3 Å². The lowest BCUT2D eigenvalue weighted by molar-refractivity contribution is -0.121. The third-order valence-electron chi connectivity index (χ3n) is 1.75. The number of nitrogens with one attached hydrogen (secondary N) is 1. The first-order valence-corrected chi connectivity index (χ1v) is 5.62. The molecule has 1 amide bonds. The van der Waals surface area contributed by atoms with Gasteiger partial charge in [0.1, 0.15) is 0 Å². The highest BCUT2D eigenvalue weighted by Gasteiger charge is 2.03. The Bertz CT molecular complexity index is 170. The van der Waals surface area contributed by atoms with E-state index in [0.717, 1.165) is 13.0 Å². The Hall–Kier alpha value is -0.610. The van der Waals surface area contributed by atoms with Gasteiger partial charge in [-0.3, -0.25) is 4.79 Å². The van der Waals surface area contributed by atoms with Crippen molar-refractivity contribution in [3.63, 3.8) is 0 Å². The Balaban J connectivity index is 3.20. The summed E-state index contributed by atoms with van der Waals surface area (Å²) in [4.78, 5) is 11.2. The minimum atomic E-state index is -0.0674. The van der Waals surface area contributed by atoms with E-state index < -0.39 is 0 Å². The number of hydrogen-bond donors (Lipinski definition) is 2. The zero-order chi connectivity index (χ0) is 11.7. The molecule has 15 heavy (non-hydrogen) atoms. The highest BCUT2D eigenvalue weighted by molar-refractivity contribution is 5.76. The molecule has 1 atom stereocenters. The van der Waals surface area contributed by atoms with Crippen LogP contribution in [0, 0.1) is 5.92 Å². The van der Waals surface area contributed by atoms with E-state index in [-0.39, 0.29) is 11.9 Å². The summed E-state index contributed by atoms with van der Waals surface area (Å²) in [5.74, 6) is 0.589. The maximum absolute atomic E-state index is 11.2. The van der Waals surface area contributed by atoms with Gasteiger partial charge in [0.05, 0.1) is 0 Å². The Kier molecular flexibility index (Phi) is 8.33. The number of amides is 1. The van der Waals surface area contributed by atoms with Gasteiger partial charge in [0.2, 0.25) is 5.91 Å². The Morgan fingerprint density at radius 2 is 2.07 bits per heavy atom. The van der Waals surface area contributed by atoms with E-state index in [4.69, 9.17) is 10.5 Å². The van der Waals surface area contributed by atoms with Gasteiger partial charge in [-0.15, -0.1) is 0 Å². The normalized spacial score (nSPS) is 12.9. The minimum absolute atomic E-state index is 0.0221. The third kappa shape index (κ3) is 11.3. The lowest BCUT2D eigenvalue weighted by Gasteiger charge is -2.08. The lowest BCUT2D eigenvalue weighted by atomic mass is 10.2. The average molecular weight is 216 g/mol. The number of carbonyl (C=O) groups excluding carboxylic acids is 1. The van der Waals surface area contributed by atoms with E-state index in [1.165, 1.54) is 0 Å². The second kappa shape index (κ2) is 8.68. The van der Waals surface area contributed by atoms with E-state index in [2.05, 4.69) is 19.2 Å². The smallest absolute Gasteiger partial charge is 0.221 e. The molecular formula is C11H24N2O2. The molecule has 90 valence electrons. The van der Waals surface area contributed by atoms with Crippen LogP contribution in [0.1, 0.15) is 33.6 Å². The van der Waals surface area contributed by atoms with Crippen molar-refractivity contribution < 1.29 is 9.53 Å². The van der Waals surface area contributed by atoms with Crippen LogP contribution in [-0.4, -0.2) is 31.7 Å². The summed E-state index contributed by atoms with van der Waals surface area (Å²) in [7, 11) is 0. The van der Waals surface area contributed by atoms with Crippen molar-refractivity contribution in [1.82, 2.24) is 5.32 Å². The molecule has 0 spiro atoms. The molecular weight excluding hydrogens is 192 g/mol. The van der Waals surface area contributed by atoms with Crippen molar-refractivity contribution in [2.45, 2.75) is 39.7 Å². The largest absolute Gasteiger partial charge is 0.381 e. The molecule has 3 N–H and O–H groups in total. The lowest BCUT2D eigenvalue weighted by Crippen LogP contribution is -2.30. The van der Waals surface area contributed by atoms with Crippen LogP contribution in [0.15, 0.2) is 0 Å². The summed E-state index contributed by atoms with van der Waals surface area (Å²) in [5.41, 5.74) is 5.49. The van der Waals surface area contributed by atoms with Crippen molar-refractivity contribution in [3.05, 3.63) is 0 Å². The first-order chi connectivity index (χ1) is 7.02. The van der Waals surface area contributed by atoms with E-state index in [1.807, 2.05) is 6.92 Å². The van der Waals surface area contributed by atoms with Crippen LogP contribution >= 0.6 is 0 Å². The third-order valence-corrected chi connectivity index (χ3v) is 1.75. The fraction of sp³-hybridized carbons (Fsp3) is 0.909. The van der Waals surface area contributed by atoms with Gasteiger partial charge in [-0.25, -0.2) is 0 Å². The number of nitrogens with two attached hydrogens (primary N) is 1. The molecule has 0 aliphatic carbocycles. The second-order valence-corrected chi connectivity index (χ2v) is 4.35. The Morgan fingerprint density at radius 3 is 2.60 bits per heavy atom. The summed E-state index contributed by atoms with van der Waals surface area (Å²) in [6, 6.07) is -0.0674. The number of rotatable bonds is 8. The van der Waals surface area contributed by atoms with Crippen molar-refractivity contribution in [1.29, 1.82) is 0 Å². The molecule has 4 heteroatoms. The molecule has 4 nitrogen and oxygen atoms in total. The topological polar surface area (TPSA) is 64.3 Å². The molecule has 0 aliphatic rings. The van der Waals surface area contributed by atoms with Gasteiger partial charge in [0.15, 0.2) is 0 Å². The molecule has 1 unspecified atom stereocenters. The molecule has 0 fully saturated rings. The minimum Gasteiger partial charge on any atom is -0.381 e. The molecule has 0 aromatic rings. The zero-order valence-electron chi connectivity index (χ0n) is 10.1. The number of ether oxygens (including phenoxy) is 1. The van der Waals surface area contributed by atoms with Crippen LogP contribution in [0.3, 0.4) is 0 Å². The Morgan fingerprint density at radius 1 is 1.40 bits per heavy atom. The van der Waals surface area contributed by atoms with E-state index >= 15 is 0 Å². The quantitative estimate of drug-likeness (QED) is 0.593. The first-order valence-electron chi connectivity index (χ1n) is 5.62. The Labute approximate surface area is 92.6 Å². The molecule has 0 aromatic carbocycles. The van der Waals surface area contributed by atoms with Gasteiger partial charge in [-0.1, -0.05) is 13.8 Å². The van der Waals surface area contributed by atoms with Crippen molar-refractivity contribution in [2.24, 2.45) is 11.7 Å². The van der Waals surface area contributed by atoms with Crippen LogP contribution in [-0.2, 0) is 9.53 Å². The van der Waals surface area contributed by atoms with E-state index in [0.29, 0.717) is 25.5 Å². The van der Waals surface area contributed by atoms with Gasteiger partial charge < -0.3 is 15.8 Å². The highest BCUT2D eigenvalue weighted by Crippen LogP contribution is 1.93. The summed E-state index contributed by atoms with van der Waals surface area (Å²) in [6.45, 7) is 8.22. The molecule has 0 aliphatic heterocycles. The molecule has 0 rings (SSSR count). The predicted octanol–water partition coefficient (Wildman–Crippen LogP) is 0.903. The van der Waals surface area contributed by atoms with Crippen LogP contribution in [0.4, 0.5) is 0 Å². The van der Waals surface area contributed by atoms with Crippen LogP contribution in [0.25, 0.3) is 0 Å². The van der Waals surface area contributed by atoms with E-state index in [1.54, 1.807) is 0 Å². The predicted molar refractivity (Wildman–Crippen MR) is 61.6 cm³/mol. The highest BCUT2D eigenvalue weighted by atomic mass is 16.5. The maximum atomic E-state index is 11.2. The summed E-state index contributed by atoms with van der Waals surface area (Å²) >= 11 is 0. The molecule has 0 radical (unpaired) electrons. The average Bonchev–Trinajstić information content (AvgIpc) is 2.09. The zero-order valence-corrected chi connectivity index (χ0v) is 10.1. The van der Waals surface area contributed by atoms with Crippen molar-refractivity contribution >= 4 is 5.91 Å². The second-order valence-electron chi connectivity index (χ2n) is 4.35. The van der Waals surface area contributed by atoms with Crippen LogP contribution < -0.4 is 11.1 Å². The fourth-order valence-electron chi connectivity index (χ4n) is 1.09. The van der Waals surface area contributed by atoms with Gasteiger partial charge >= 0.3 is 0 Å². The van der Waals surface area contributed by atoms with Gasteiger partial charge in [0, 0.05) is 32.2 Å². The van der Waals surface area contributed by atoms with Crippen LogP contribution in [0.5, 0.6) is 0 Å².